The second kappa shape index (κ2) is 4.28. The average Bonchev–Trinajstić information content (AvgIpc) is 2.97. The number of hydrogen-bond donors (Lipinski definition) is 0. The molecule has 0 aromatic carbocycles. The zero-order chi connectivity index (χ0) is 11.7. The summed E-state index contributed by atoms with van der Waals surface area (Å²) < 4.78 is 1.95. The second-order valence-electron chi connectivity index (χ2n) is 4.80. The number of likely N-dealkylation sites (N-methyl/N-ethyl adjacent to an activating group) is 1. The maximum absolute atomic E-state index is 11.9. The van der Waals surface area contributed by atoms with Crippen LogP contribution < -0.4 is 0 Å². The highest BCUT2D eigenvalue weighted by Crippen LogP contribution is 2.25. The van der Waals surface area contributed by atoms with E-state index in [9.17, 15) is 4.79 Å². The van der Waals surface area contributed by atoms with E-state index in [1.807, 2.05) is 22.7 Å². The molecule has 1 saturated carbocycles. The molecule has 0 atom stereocenters. The number of amides is 1. The Hall–Kier alpha value is -1.32. The first-order valence-corrected chi connectivity index (χ1v) is 5.86. The van der Waals surface area contributed by atoms with Gasteiger partial charge in [0.05, 0.1) is 0 Å². The van der Waals surface area contributed by atoms with E-state index >= 15 is 0 Å². The third-order valence-electron chi connectivity index (χ3n) is 3.06. The van der Waals surface area contributed by atoms with Crippen LogP contribution in [0, 0.1) is 0 Å². The largest absolute Gasteiger partial charge is 0.341 e. The number of carbonyl (C=O) groups is 1. The monoisotopic (exact) mass is 221 g/mol. The van der Waals surface area contributed by atoms with Crippen molar-refractivity contribution in [3.63, 3.8) is 0 Å². The average molecular weight is 221 g/mol. The summed E-state index contributed by atoms with van der Waals surface area (Å²) in [4.78, 5) is 18.1. The Bertz CT molecular complexity index is 379. The molecule has 0 aliphatic heterocycles. The summed E-state index contributed by atoms with van der Waals surface area (Å²) in [5, 5.41) is 0. The first-order valence-electron chi connectivity index (χ1n) is 5.86. The fraction of sp³-hybridized carbons (Fsp3) is 0.667. The van der Waals surface area contributed by atoms with Crippen molar-refractivity contribution in [3.8, 4) is 0 Å². The minimum atomic E-state index is 0.183. The molecule has 0 N–H and O–H groups in total. The Kier molecular flexibility index (Phi) is 2.99. The maximum atomic E-state index is 11.9. The van der Waals surface area contributed by atoms with Crippen molar-refractivity contribution in [2.45, 2.75) is 45.2 Å². The van der Waals surface area contributed by atoms with Gasteiger partial charge in [0, 0.05) is 31.4 Å². The normalized spacial score (nSPS) is 15.5. The van der Waals surface area contributed by atoms with Gasteiger partial charge in [-0.05, 0) is 12.8 Å². The Morgan fingerprint density at radius 2 is 2.31 bits per heavy atom. The molecule has 1 amide bonds. The predicted octanol–water partition coefficient (Wildman–Crippen LogP) is 1.63. The zero-order valence-corrected chi connectivity index (χ0v) is 10.2. The van der Waals surface area contributed by atoms with Gasteiger partial charge in [-0.2, -0.15) is 0 Å². The first kappa shape index (κ1) is 11.2. The Balaban J connectivity index is 2.02. The number of imidazole rings is 1. The van der Waals surface area contributed by atoms with E-state index < -0.39 is 0 Å². The molecule has 16 heavy (non-hydrogen) atoms. The highest BCUT2D eigenvalue weighted by Gasteiger charge is 2.29. The molecule has 0 unspecified atom stereocenters. The topological polar surface area (TPSA) is 38.1 Å². The van der Waals surface area contributed by atoms with Gasteiger partial charge in [-0.15, -0.1) is 0 Å². The summed E-state index contributed by atoms with van der Waals surface area (Å²) in [6.07, 6.45) is 5.96. The SMILES string of the molecule is CC(C)c1nccn1CC(=O)N(C)C1CC1. The van der Waals surface area contributed by atoms with Crippen LogP contribution >= 0.6 is 0 Å². The summed E-state index contributed by atoms with van der Waals surface area (Å²) in [5.74, 6) is 1.52. The quantitative estimate of drug-likeness (QED) is 0.775. The van der Waals surface area contributed by atoms with Gasteiger partial charge in [0.1, 0.15) is 12.4 Å². The van der Waals surface area contributed by atoms with Crippen LogP contribution in [0.3, 0.4) is 0 Å². The highest BCUT2D eigenvalue weighted by atomic mass is 16.2. The number of rotatable bonds is 4. The summed E-state index contributed by atoms with van der Waals surface area (Å²) >= 11 is 0. The Morgan fingerprint density at radius 1 is 1.62 bits per heavy atom. The lowest BCUT2D eigenvalue weighted by atomic mass is 10.2. The Morgan fingerprint density at radius 3 is 2.88 bits per heavy atom. The smallest absolute Gasteiger partial charge is 0.242 e. The van der Waals surface area contributed by atoms with Gasteiger partial charge in [-0.1, -0.05) is 13.8 Å². The number of aromatic nitrogens is 2. The molecule has 1 heterocycles. The van der Waals surface area contributed by atoms with E-state index in [2.05, 4.69) is 18.8 Å². The van der Waals surface area contributed by atoms with Gasteiger partial charge >= 0.3 is 0 Å². The van der Waals surface area contributed by atoms with Crippen LogP contribution in [0.2, 0.25) is 0 Å². The molecule has 0 bridgehead atoms. The lowest BCUT2D eigenvalue weighted by molar-refractivity contribution is -0.131. The summed E-state index contributed by atoms with van der Waals surface area (Å²) in [6.45, 7) is 4.60. The lowest BCUT2D eigenvalue weighted by Crippen LogP contribution is -2.32. The van der Waals surface area contributed by atoms with Crippen molar-refractivity contribution in [2.75, 3.05) is 7.05 Å². The fourth-order valence-electron chi connectivity index (χ4n) is 1.88. The first-order chi connectivity index (χ1) is 7.59. The fourth-order valence-corrected chi connectivity index (χ4v) is 1.88. The van der Waals surface area contributed by atoms with Crippen LogP contribution in [0.5, 0.6) is 0 Å². The summed E-state index contributed by atoms with van der Waals surface area (Å²) in [5.41, 5.74) is 0. The molecular formula is C12H19N3O. The van der Waals surface area contributed by atoms with Crippen LogP contribution in [-0.4, -0.2) is 33.4 Å². The second-order valence-corrected chi connectivity index (χ2v) is 4.80. The van der Waals surface area contributed by atoms with E-state index in [1.54, 1.807) is 6.20 Å². The van der Waals surface area contributed by atoms with E-state index in [4.69, 9.17) is 0 Å². The number of hydrogen-bond acceptors (Lipinski definition) is 2. The number of carbonyl (C=O) groups excluding carboxylic acids is 1. The molecule has 1 fully saturated rings. The van der Waals surface area contributed by atoms with Gasteiger partial charge in [-0.25, -0.2) is 4.98 Å². The van der Waals surface area contributed by atoms with Crippen molar-refractivity contribution in [1.29, 1.82) is 0 Å². The zero-order valence-electron chi connectivity index (χ0n) is 10.2. The lowest BCUT2D eigenvalue weighted by Gasteiger charge is -2.18. The van der Waals surface area contributed by atoms with Crippen LogP contribution in [-0.2, 0) is 11.3 Å². The van der Waals surface area contributed by atoms with Crippen molar-refractivity contribution >= 4 is 5.91 Å². The molecule has 1 aliphatic carbocycles. The molecule has 1 aromatic rings. The maximum Gasteiger partial charge on any atom is 0.242 e. The van der Waals surface area contributed by atoms with Crippen molar-refractivity contribution in [1.82, 2.24) is 14.5 Å². The molecular weight excluding hydrogens is 202 g/mol. The van der Waals surface area contributed by atoms with E-state index in [0.717, 1.165) is 18.7 Å². The minimum Gasteiger partial charge on any atom is -0.341 e. The number of nitrogens with zero attached hydrogens (tertiary/aromatic N) is 3. The van der Waals surface area contributed by atoms with Crippen molar-refractivity contribution < 1.29 is 4.79 Å². The minimum absolute atomic E-state index is 0.183. The molecule has 4 heteroatoms. The van der Waals surface area contributed by atoms with E-state index in [-0.39, 0.29) is 5.91 Å². The Labute approximate surface area is 96.3 Å². The molecule has 0 radical (unpaired) electrons. The molecule has 4 nitrogen and oxygen atoms in total. The van der Waals surface area contributed by atoms with Crippen LogP contribution in [0.1, 0.15) is 38.4 Å². The van der Waals surface area contributed by atoms with Gasteiger partial charge in [0.25, 0.3) is 0 Å². The van der Waals surface area contributed by atoms with E-state index in [0.29, 0.717) is 18.5 Å². The summed E-state index contributed by atoms with van der Waals surface area (Å²) in [7, 11) is 1.89. The molecule has 0 spiro atoms. The molecule has 2 rings (SSSR count). The third kappa shape index (κ3) is 2.26. The molecule has 1 aliphatic rings. The predicted molar refractivity (Wildman–Crippen MR) is 62.1 cm³/mol. The molecule has 88 valence electrons. The van der Waals surface area contributed by atoms with Gasteiger partial charge in [0.15, 0.2) is 0 Å². The van der Waals surface area contributed by atoms with Gasteiger partial charge in [0.2, 0.25) is 5.91 Å². The molecule has 0 saturated heterocycles. The van der Waals surface area contributed by atoms with Crippen molar-refractivity contribution in [3.05, 3.63) is 18.2 Å². The van der Waals surface area contributed by atoms with Gasteiger partial charge < -0.3 is 9.47 Å². The van der Waals surface area contributed by atoms with E-state index in [1.165, 1.54) is 0 Å². The molecule has 1 aromatic heterocycles. The van der Waals surface area contributed by atoms with Crippen molar-refractivity contribution in [2.24, 2.45) is 0 Å². The third-order valence-corrected chi connectivity index (χ3v) is 3.06. The van der Waals surface area contributed by atoms with Crippen LogP contribution in [0.25, 0.3) is 0 Å². The summed E-state index contributed by atoms with van der Waals surface area (Å²) in [6, 6.07) is 0.485. The van der Waals surface area contributed by atoms with Crippen LogP contribution in [0.15, 0.2) is 12.4 Å². The van der Waals surface area contributed by atoms with Gasteiger partial charge in [-0.3, -0.25) is 4.79 Å². The van der Waals surface area contributed by atoms with Crippen LogP contribution in [0.4, 0.5) is 0 Å². The highest BCUT2D eigenvalue weighted by molar-refractivity contribution is 5.76. The standard InChI is InChI=1S/C12H19N3O/c1-9(2)12-13-6-7-15(12)8-11(16)14(3)10-4-5-10/h6-7,9-10H,4-5,8H2,1-3H3.